The van der Waals surface area contributed by atoms with Gasteiger partial charge in [-0.1, -0.05) is 18.6 Å². The van der Waals surface area contributed by atoms with Crippen molar-refractivity contribution in [3.8, 4) is 11.4 Å². The summed E-state index contributed by atoms with van der Waals surface area (Å²) in [4.78, 5) is 12.5. The molecule has 1 saturated heterocycles. The number of benzene rings is 1. The summed E-state index contributed by atoms with van der Waals surface area (Å²) in [6, 6.07) is 7.97. The second kappa shape index (κ2) is 8.64. The Kier molecular flexibility index (Phi) is 6.27. The van der Waals surface area contributed by atoms with Gasteiger partial charge in [0.1, 0.15) is 5.82 Å². The number of hydrogen-bond acceptors (Lipinski definition) is 4. The largest absolute Gasteiger partial charge is 0.326 e. The summed E-state index contributed by atoms with van der Waals surface area (Å²) >= 11 is 0. The molecule has 1 aromatic carbocycles. The van der Waals surface area contributed by atoms with E-state index in [4.69, 9.17) is 0 Å². The van der Waals surface area contributed by atoms with E-state index in [0.29, 0.717) is 0 Å². The van der Waals surface area contributed by atoms with Crippen molar-refractivity contribution in [2.45, 2.75) is 45.1 Å². The molecule has 2 N–H and O–H groups in total. The number of amides is 1. The van der Waals surface area contributed by atoms with Crippen molar-refractivity contribution in [1.29, 1.82) is 0 Å². The smallest absolute Gasteiger partial charge is 0.228 e. The summed E-state index contributed by atoms with van der Waals surface area (Å²) in [6.45, 7) is 2.75. The Morgan fingerprint density at radius 1 is 1.19 bits per heavy atom. The van der Waals surface area contributed by atoms with E-state index in [1.54, 1.807) is 0 Å². The van der Waals surface area contributed by atoms with Crippen molar-refractivity contribution in [3.63, 3.8) is 0 Å². The van der Waals surface area contributed by atoms with Crippen LogP contribution in [0, 0.1) is 5.92 Å². The van der Waals surface area contributed by atoms with E-state index in [9.17, 15) is 4.79 Å². The topological polar surface area (TPSA) is 71.8 Å². The first kappa shape index (κ1) is 18.9. The van der Waals surface area contributed by atoms with E-state index in [-0.39, 0.29) is 24.2 Å². The number of aryl methyl sites for hydroxylation is 1. The van der Waals surface area contributed by atoms with E-state index in [0.717, 1.165) is 61.8 Å². The second-order valence-corrected chi connectivity index (χ2v) is 7.02. The van der Waals surface area contributed by atoms with Crippen LogP contribution in [0.25, 0.3) is 11.4 Å². The van der Waals surface area contributed by atoms with Crippen LogP contribution in [0.1, 0.15) is 37.9 Å². The Morgan fingerprint density at radius 2 is 2.12 bits per heavy atom. The lowest BCUT2D eigenvalue weighted by molar-refractivity contribution is -0.120. The molecule has 7 heteroatoms. The minimum Gasteiger partial charge on any atom is -0.326 e. The van der Waals surface area contributed by atoms with Crippen molar-refractivity contribution < 1.29 is 4.79 Å². The number of rotatable bonds is 3. The lowest BCUT2D eigenvalue weighted by Crippen LogP contribution is -2.37. The van der Waals surface area contributed by atoms with E-state index in [1.165, 1.54) is 19.3 Å². The lowest BCUT2D eigenvalue weighted by Gasteiger charge is -2.22. The maximum atomic E-state index is 12.5. The SMILES string of the molecule is Cl.O=C(Nc1cccc(-c2nnc3n2CCCCC3)c1)C1CCCNC1. The van der Waals surface area contributed by atoms with Crippen LogP contribution in [0.5, 0.6) is 0 Å². The number of carbonyl (C=O) groups is 1. The number of nitrogens with one attached hydrogen (secondary N) is 2. The fourth-order valence-corrected chi connectivity index (χ4v) is 3.75. The minimum absolute atomic E-state index is 0. The zero-order chi connectivity index (χ0) is 17.1. The first-order valence-electron chi connectivity index (χ1n) is 9.35. The van der Waals surface area contributed by atoms with E-state index in [2.05, 4.69) is 25.4 Å². The molecule has 1 fully saturated rings. The molecule has 2 aliphatic rings. The third kappa shape index (κ3) is 4.07. The highest BCUT2D eigenvalue weighted by molar-refractivity contribution is 5.93. The molecule has 26 heavy (non-hydrogen) atoms. The van der Waals surface area contributed by atoms with Gasteiger partial charge >= 0.3 is 0 Å². The molecular weight excluding hydrogens is 350 g/mol. The van der Waals surface area contributed by atoms with Crippen LogP contribution in [0.15, 0.2) is 24.3 Å². The molecule has 0 radical (unpaired) electrons. The van der Waals surface area contributed by atoms with E-state index >= 15 is 0 Å². The van der Waals surface area contributed by atoms with Gasteiger partial charge in [-0.2, -0.15) is 0 Å². The molecule has 1 unspecified atom stereocenters. The van der Waals surface area contributed by atoms with Crippen molar-refractivity contribution in [2.75, 3.05) is 18.4 Å². The van der Waals surface area contributed by atoms with E-state index < -0.39 is 0 Å². The number of piperidine rings is 1. The molecule has 1 atom stereocenters. The predicted octanol–water partition coefficient (Wildman–Crippen LogP) is 3.03. The second-order valence-electron chi connectivity index (χ2n) is 7.02. The number of halogens is 1. The van der Waals surface area contributed by atoms with Crippen LogP contribution in [-0.4, -0.2) is 33.8 Å². The van der Waals surface area contributed by atoms with Crippen molar-refractivity contribution in [1.82, 2.24) is 20.1 Å². The fourth-order valence-electron chi connectivity index (χ4n) is 3.75. The minimum atomic E-state index is 0. The maximum absolute atomic E-state index is 12.5. The van der Waals surface area contributed by atoms with Gasteiger partial charge in [-0.05, 0) is 44.4 Å². The number of aromatic nitrogens is 3. The third-order valence-electron chi connectivity index (χ3n) is 5.17. The molecule has 0 spiro atoms. The molecule has 0 bridgehead atoms. The summed E-state index contributed by atoms with van der Waals surface area (Å²) in [5.41, 5.74) is 1.85. The first-order chi connectivity index (χ1) is 12.3. The predicted molar refractivity (Wildman–Crippen MR) is 104 cm³/mol. The Bertz CT molecular complexity index is 754. The molecule has 4 rings (SSSR count). The van der Waals surface area contributed by atoms with Gasteiger partial charge in [0.15, 0.2) is 5.82 Å². The van der Waals surface area contributed by atoms with Crippen LogP contribution in [0.4, 0.5) is 5.69 Å². The van der Waals surface area contributed by atoms with Crippen molar-refractivity contribution >= 4 is 24.0 Å². The highest BCUT2D eigenvalue weighted by Gasteiger charge is 2.21. The van der Waals surface area contributed by atoms with Crippen LogP contribution in [0.2, 0.25) is 0 Å². The number of nitrogens with zero attached hydrogens (tertiary/aromatic N) is 3. The molecule has 1 amide bonds. The summed E-state index contributed by atoms with van der Waals surface area (Å²) in [7, 11) is 0. The standard InChI is InChI=1S/C19H25N5O.ClH/c25-19(15-7-5-10-20-13-15)21-16-8-4-6-14(12-16)18-23-22-17-9-2-1-3-11-24(17)18;/h4,6,8,12,15,20H,1-3,5,7,9-11,13H2,(H,21,25);1H. The van der Waals surface area contributed by atoms with Gasteiger partial charge in [-0.3, -0.25) is 4.79 Å². The summed E-state index contributed by atoms with van der Waals surface area (Å²) in [5, 5.41) is 15.1. The summed E-state index contributed by atoms with van der Waals surface area (Å²) in [5.74, 6) is 2.15. The highest BCUT2D eigenvalue weighted by atomic mass is 35.5. The zero-order valence-corrected chi connectivity index (χ0v) is 15.7. The van der Waals surface area contributed by atoms with Crippen LogP contribution >= 0.6 is 12.4 Å². The number of hydrogen-bond donors (Lipinski definition) is 2. The van der Waals surface area contributed by atoms with Crippen molar-refractivity contribution in [3.05, 3.63) is 30.1 Å². The van der Waals surface area contributed by atoms with Gasteiger partial charge in [-0.25, -0.2) is 0 Å². The van der Waals surface area contributed by atoms with Gasteiger partial charge < -0.3 is 15.2 Å². The monoisotopic (exact) mass is 375 g/mol. The first-order valence-corrected chi connectivity index (χ1v) is 9.35. The Labute approximate surface area is 160 Å². The fraction of sp³-hybridized carbons (Fsp3) is 0.526. The van der Waals surface area contributed by atoms with Crippen LogP contribution in [0.3, 0.4) is 0 Å². The van der Waals surface area contributed by atoms with Gasteiger partial charge in [0, 0.05) is 30.8 Å². The average molecular weight is 376 g/mol. The number of fused-ring (bicyclic) bond motifs is 1. The Hall–Kier alpha value is -1.92. The zero-order valence-electron chi connectivity index (χ0n) is 14.9. The molecular formula is C19H26ClN5O. The summed E-state index contributed by atoms with van der Waals surface area (Å²) < 4.78 is 2.24. The molecule has 3 heterocycles. The lowest BCUT2D eigenvalue weighted by atomic mass is 9.98. The Morgan fingerprint density at radius 3 is 2.96 bits per heavy atom. The molecule has 2 aliphatic heterocycles. The van der Waals surface area contributed by atoms with Gasteiger partial charge in [0.25, 0.3) is 0 Å². The quantitative estimate of drug-likeness (QED) is 0.864. The average Bonchev–Trinajstić information content (AvgIpc) is 2.91. The van der Waals surface area contributed by atoms with Crippen LogP contribution < -0.4 is 10.6 Å². The normalized spacial score (nSPS) is 19.8. The maximum Gasteiger partial charge on any atom is 0.228 e. The molecule has 1 aromatic heterocycles. The molecule has 6 nitrogen and oxygen atoms in total. The van der Waals surface area contributed by atoms with Gasteiger partial charge in [0.05, 0.1) is 5.92 Å². The molecule has 0 aliphatic carbocycles. The van der Waals surface area contributed by atoms with Crippen LogP contribution in [-0.2, 0) is 17.8 Å². The van der Waals surface area contributed by atoms with Gasteiger partial charge in [-0.15, -0.1) is 22.6 Å². The molecule has 140 valence electrons. The highest BCUT2D eigenvalue weighted by Crippen LogP contribution is 2.25. The summed E-state index contributed by atoms with van der Waals surface area (Å²) in [6.07, 6.45) is 6.61. The van der Waals surface area contributed by atoms with Crippen molar-refractivity contribution in [2.24, 2.45) is 5.92 Å². The number of carbonyl (C=O) groups excluding carboxylic acids is 1. The van der Waals surface area contributed by atoms with Gasteiger partial charge in [0.2, 0.25) is 5.91 Å². The third-order valence-corrected chi connectivity index (χ3v) is 5.17. The number of anilines is 1. The molecule has 2 aromatic rings. The molecule has 0 saturated carbocycles. The van der Waals surface area contributed by atoms with E-state index in [1.807, 2.05) is 24.3 Å². The Balaban J connectivity index is 0.00000196.